The summed E-state index contributed by atoms with van der Waals surface area (Å²) in [5.74, 6) is 0.615. The molecular weight excluding hydrogens is 326 g/mol. The number of amides is 1. The number of aromatic amines is 1. The standard InChI is InChI=1S/C20H23N5O/c1-15-7-10-21-19(15)20(26)23-18-8-11-22-25(18)17-9-12-24(14-17)13-16-5-3-2-4-6-16/h2-8,10-11,17,21H,9,12-14H2,1H3,(H,23,26)/t17-/m1/s1. The van der Waals surface area contributed by atoms with Crippen LogP contribution < -0.4 is 5.32 Å². The van der Waals surface area contributed by atoms with E-state index in [1.807, 2.05) is 29.8 Å². The Morgan fingerprint density at radius 3 is 2.88 bits per heavy atom. The first-order chi connectivity index (χ1) is 12.7. The third kappa shape index (κ3) is 3.41. The molecule has 6 nitrogen and oxygen atoms in total. The van der Waals surface area contributed by atoms with Gasteiger partial charge in [-0.15, -0.1) is 0 Å². The normalized spacial score (nSPS) is 17.5. The molecule has 1 saturated heterocycles. The van der Waals surface area contributed by atoms with Gasteiger partial charge < -0.3 is 10.3 Å². The number of hydrogen-bond acceptors (Lipinski definition) is 3. The minimum absolute atomic E-state index is 0.131. The summed E-state index contributed by atoms with van der Waals surface area (Å²) in [6, 6.07) is 14.5. The van der Waals surface area contributed by atoms with Crippen molar-refractivity contribution in [1.29, 1.82) is 0 Å². The molecule has 0 aliphatic carbocycles. The SMILES string of the molecule is Cc1cc[nH]c1C(=O)Nc1ccnn1[C@@H]1CCN(Cc2ccccc2)C1. The van der Waals surface area contributed by atoms with Crippen molar-refractivity contribution in [3.63, 3.8) is 0 Å². The maximum atomic E-state index is 12.5. The lowest BCUT2D eigenvalue weighted by Gasteiger charge is -2.18. The number of H-pyrrole nitrogens is 1. The summed E-state index contributed by atoms with van der Waals surface area (Å²) >= 11 is 0. The lowest BCUT2D eigenvalue weighted by atomic mass is 10.2. The van der Waals surface area contributed by atoms with Gasteiger partial charge in [-0.3, -0.25) is 9.69 Å². The molecule has 0 spiro atoms. The molecule has 0 unspecified atom stereocenters. The summed E-state index contributed by atoms with van der Waals surface area (Å²) in [6.45, 7) is 4.83. The highest BCUT2D eigenvalue weighted by Gasteiger charge is 2.26. The molecule has 1 atom stereocenters. The molecule has 2 N–H and O–H groups in total. The molecule has 1 amide bonds. The van der Waals surface area contributed by atoms with Gasteiger partial charge in [0.15, 0.2) is 0 Å². The maximum absolute atomic E-state index is 12.5. The molecule has 0 radical (unpaired) electrons. The second-order valence-corrected chi connectivity index (χ2v) is 6.81. The van der Waals surface area contributed by atoms with Gasteiger partial charge in [0.05, 0.1) is 12.2 Å². The van der Waals surface area contributed by atoms with Gasteiger partial charge >= 0.3 is 0 Å². The third-order valence-electron chi connectivity index (χ3n) is 4.94. The van der Waals surface area contributed by atoms with Crippen LogP contribution in [0.15, 0.2) is 54.9 Å². The molecule has 4 rings (SSSR count). The van der Waals surface area contributed by atoms with E-state index in [0.29, 0.717) is 5.69 Å². The number of aryl methyl sites for hydroxylation is 1. The first kappa shape index (κ1) is 16.6. The summed E-state index contributed by atoms with van der Waals surface area (Å²) in [5, 5.41) is 7.45. The number of rotatable bonds is 5. The molecule has 0 bridgehead atoms. The average molecular weight is 349 g/mol. The van der Waals surface area contributed by atoms with Gasteiger partial charge in [0.25, 0.3) is 5.91 Å². The summed E-state index contributed by atoms with van der Waals surface area (Å²) in [7, 11) is 0. The van der Waals surface area contributed by atoms with E-state index < -0.39 is 0 Å². The molecule has 134 valence electrons. The maximum Gasteiger partial charge on any atom is 0.273 e. The Labute approximate surface area is 152 Å². The molecule has 3 aromatic rings. The van der Waals surface area contributed by atoms with E-state index in [0.717, 1.165) is 37.4 Å². The van der Waals surface area contributed by atoms with Gasteiger partial charge in [0, 0.05) is 31.9 Å². The molecular formula is C20H23N5O. The lowest BCUT2D eigenvalue weighted by molar-refractivity contribution is 0.102. The Kier molecular flexibility index (Phi) is 4.58. The van der Waals surface area contributed by atoms with Crippen LogP contribution in [0.25, 0.3) is 0 Å². The van der Waals surface area contributed by atoms with Crippen LogP contribution in [-0.4, -0.2) is 38.7 Å². The minimum Gasteiger partial charge on any atom is -0.357 e. The van der Waals surface area contributed by atoms with Crippen LogP contribution in [0.4, 0.5) is 5.82 Å². The molecule has 1 aromatic carbocycles. The van der Waals surface area contributed by atoms with Crippen molar-refractivity contribution >= 4 is 11.7 Å². The molecule has 0 saturated carbocycles. The number of hydrogen-bond donors (Lipinski definition) is 2. The van der Waals surface area contributed by atoms with Crippen LogP contribution in [0.3, 0.4) is 0 Å². The van der Waals surface area contributed by atoms with Crippen LogP contribution in [-0.2, 0) is 6.54 Å². The number of nitrogens with one attached hydrogen (secondary N) is 2. The first-order valence-electron chi connectivity index (χ1n) is 8.96. The van der Waals surface area contributed by atoms with E-state index in [9.17, 15) is 4.79 Å². The molecule has 2 aromatic heterocycles. The van der Waals surface area contributed by atoms with Crippen molar-refractivity contribution in [2.24, 2.45) is 0 Å². The Hall–Kier alpha value is -2.86. The van der Waals surface area contributed by atoms with Crippen LogP contribution >= 0.6 is 0 Å². The van der Waals surface area contributed by atoms with E-state index in [1.54, 1.807) is 12.4 Å². The smallest absolute Gasteiger partial charge is 0.273 e. The Balaban J connectivity index is 1.42. The highest BCUT2D eigenvalue weighted by molar-refractivity contribution is 6.03. The largest absolute Gasteiger partial charge is 0.357 e. The second kappa shape index (κ2) is 7.17. The number of likely N-dealkylation sites (tertiary alicyclic amines) is 1. The zero-order chi connectivity index (χ0) is 17.9. The van der Waals surface area contributed by atoms with Gasteiger partial charge in [0.1, 0.15) is 11.5 Å². The number of anilines is 1. The van der Waals surface area contributed by atoms with Gasteiger partial charge in [-0.1, -0.05) is 30.3 Å². The van der Waals surface area contributed by atoms with Crippen molar-refractivity contribution in [3.05, 3.63) is 71.7 Å². The number of carbonyl (C=O) groups is 1. The summed E-state index contributed by atoms with van der Waals surface area (Å²) < 4.78 is 1.95. The molecule has 1 aliphatic rings. The third-order valence-corrected chi connectivity index (χ3v) is 4.94. The Morgan fingerprint density at radius 1 is 1.27 bits per heavy atom. The number of carbonyl (C=O) groups excluding carboxylic acids is 1. The van der Waals surface area contributed by atoms with Gasteiger partial charge in [-0.05, 0) is 30.5 Å². The summed E-state index contributed by atoms with van der Waals surface area (Å²) in [4.78, 5) is 17.9. The van der Waals surface area contributed by atoms with E-state index in [1.165, 1.54) is 5.56 Å². The predicted molar refractivity (Wildman–Crippen MR) is 101 cm³/mol. The highest BCUT2D eigenvalue weighted by atomic mass is 16.2. The molecule has 3 heterocycles. The van der Waals surface area contributed by atoms with Crippen molar-refractivity contribution in [2.75, 3.05) is 18.4 Å². The van der Waals surface area contributed by atoms with Crippen LogP contribution in [0.5, 0.6) is 0 Å². The van der Waals surface area contributed by atoms with Gasteiger partial charge in [-0.25, -0.2) is 4.68 Å². The number of nitrogens with zero attached hydrogens (tertiary/aromatic N) is 3. The van der Waals surface area contributed by atoms with Crippen LogP contribution in [0.1, 0.15) is 34.1 Å². The topological polar surface area (TPSA) is 66.0 Å². The van der Waals surface area contributed by atoms with E-state index in [2.05, 4.69) is 44.6 Å². The number of benzene rings is 1. The zero-order valence-electron chi connectivity index (χ0n) is 14.9. The van der Waals surface area contributed by atoms with Crippen molar-refractivity contribution in [3.8, 4) is 0 Å². The van der Waals surface area contributed by atoms with Gasteiger partial charge in [-0.2, -0.15) is 5.10 Å². The molecule has 6 heteroatoms. The molecule has 1 aliphatic heterocycles. The molecule has 26 heavy (non-hydrogen) atoms. The van der Waals surface area contributed by atoms with Crippen molar-refractivity contribution < 1.29 is 4.79 Å². The minimum atomic E-state index is -0.131. The van der Waals surface area contributed by atoms with Crippen molar-refractivity contribution in [1.82, 2.24) is 19.7 Å². The second-order valence-electron chi connectivity index (χ2n) is 6.81. The lowest BCUT2D eigenvalue weighted by Crippen LogP contribution is -2.23. The number of aromatic nitrogens is 3. The summed E-state index contributed by atoms with van der Waals surface area (Å²) in [5.41, 5.74) is 2.85. The Morgan fingerprint density at radius 2 is 2.12 bits per heavy atom. The zero-order valence-corrected chi connectivity index (χ0v) is 14.9. The Bertz CT molecular complexity index is 883. The van der Waals surface area contributed by atoms with Crippen LogP contribution in [0, 0.1) is 6.92 Å². The summed E-state index contributed by atoms with van der Waals surface area (Å²) in [6.07, 6.45) is 4.55. The fourth-order valence-electron chi connectivity index (χ4n) is 3.57. The highest BCUT2D eigenvalue weighted by Crippen LogP contribution is 2.26. The van der Waals surface area contributed by atoms with Crippen molar-refractivity contribution in [2.45, 2.75) is 25.9 Å². The van der Waals surface area contributed by atoms with E-state index >= 15 is 0 Å². The average Bonchev–Trinajstić information content (AvgIpc) is 3.37. The van der Waals surface area contributed by atoms with Crippen LogP contribution in [0.2, 0.25) is 0 Å². The quantitative estimate of drug-likeness (QED) is 0.743. The van der Waals surface area contributed by atoms with E-state index in [4.69, 9.17) is 0 Å². The predicted octanol–water partition coefficient (Wildman–Crippen LogP) is 3.22. The first-order valence-corrected chi connectivity index (χ1v) is 8.96. The molecule has 1 fully saturated rings. The fourth-order valence-corrected chi connectivity index (χ4v) is 3.57. The fraction of sp³-hybridized carbons (Fsp3) is 0.300. The van der Waals surface area contributed by atoms with E-state index in [-0.39, 0.29) is 11.9 Å². The monoisotopic (exact) mass is 349 g/mol. The van der Waals surface area contributed by atoms with Gasteiger partial charge in [0.2, 0.25) is 0 Å².